The highest BCUT2D eigenvalue weighted by Crippen LogP contribution is 2.49. The van der Waals surface area contributed by atoms with Gasteiger partial charge in [0, 0.05) is 5.41 Å². The lowest BCUT2D eigenvalue weighted by Gasteiger charge is -2.22. The minimum atomic E-state index is 0.142. The highest BCUT2D eigenvalue weighted by molar-refractivity contribution is 5.89. The van der Waals surface area contributed by atoms with Crippen molar-refractivity contribution in [1.82, 2.24) is 0 Å². The molecule has 0 nitrogen and oxygen atoms in total. The van der Waals surface area contributed by atoms with E-state index in [1.54, 1.807) is 0 Å². The van der Waals surface area contributed by atoms with Crippen molar-refractivity contribution in [1.29, 1.82) is 0 Å². The van der Waals surface area contributed by atoms with Crippen LogP contribution >= 0.6 is 0 Å². The molecule has 0 N–H and O–H groups in total. The van der Waals surface area contributed by atoms with Crippen LogP contribution in [0.1, 0.15) is 114 Å². The molecule has 0 spiro atoms. The van der Waals surface area contributed by atoms with E-state index in [0.717, 1.165) is 0 Å². The molecular weight excluding hydrogens is 1020 g/mol. The highest BCUT2D eigenvalue weighted by Gasteiger charge is 2.35. The van der Waals surface area contributed by atoms with Crippen LogP contribution in [-0.2, 0) is 5.41 Å². The average molecular weight is 1110 g/mol. The molecule has 13 rings (SSSR count). The van der Waals surface area contributed by atoms with Gasteiger partial charge in [-0.2, -0.15) is 0 Å². The predicted molar refractivity (Wildman–Crippen MR) is 376 cm³/mol. The first kappa shape index (κ1) is 64.0. The van der Waals surface area contributed by atoms with Crippen LogP contribution in [0.5, 0.6) is 0 Å². The molecule has 0 aliphatic heterocycles. The molecule has 0 fully saturated rings. The maximum absolute atomic E-state index is 2.34. The number of benzene rings is 12. The molecule has 0 unspecified atom stereocenters. The van der Waals surface area contributed by atoms with Crippen LogP contribution in [0.15, 0.2) is 231 Å². The fraction of sp³-hybridized carbons (Fsp3) is 0.224. The Hall–Kier alpha value is -8.58. The Kier molecular flexibility index (Phi) is 22.0. The van der Waals surface area contributed by atoms with Crippen LogP contribution < -0.4 is 0 Å². The van der Waals surface area contributed by atoms with Crippen LogP contribution in [0.4, 0.5) is 0 Å². The zero-order valence-electron chi connectivity index (χ0n) is 54.4. The van der Waals surface area contributed by atoms with Crippen molar-refractivity contribution in [3.05, 3.63) is 331 Å². The molecule has 85 heavy (non-hydrogen) atoms. The summed E-state index contributed by atoms with van der Waals surface area (Å²) in [6.07, 6.45) is 0. The van der Waals surface area contributed by atoms with Gasteiger partial charge in [0.15, 0.2) is 0 Å². The maximum Gasteiger partial charge on any atom is 0.0159 e. The Balaban J connectivity index is 0.000000144. The lowest BCUT2D eigenvalue weighted by Crippen LogP contribution is -2.15. The van der Waals surface area contributed by atoms with Gasteiger partial charge in [-0.3, -0.25) is 0 Å². The van der Waals surface area contributed by atoms with Gasteiger partial charge in [-0.05, 0) is 221 Å². The van der Waals surface area contributed by atoms with E-state index in [2.05, 4.69) is 355 Å². The molecule has 12 aromatic carbocycles. The number of aryl methyl sites for hydroxylation is 16. The Morgan fingerprint density at radius 1 is 0.200 bits per heavy atom. The van der Waals surface area contributed by atoms with Gasteiger partial charge >= 0.3 is 0 Å². The summed E-state index contributed by atoms with van der Waals surface area (Å²) in [5.41, 5.74) is 30.1. The molecule has 0 aromatic heterocycles. The summed E-state index contributed by atoms with van der Waals surface area (Å²) < 4.78 is 0. The molecule has 0 saturated heterocycles. The van der Waals surface area contributed by atoms with E-state index in [-0.39, 0.29) is 5.41 Å². The number of hydrogen-bond donors (Lipinski definition) is 0. The largest absolute Gasteiger partial charge is 0.0616 e. The molecule has 432 valence electrons. The fourth-order valence-corrected chi connectivity index (χ4v) is 10.9. The van der Waals surface area contributed by atoms with Crippen molar-refractivity contribution < 1.29 is 0 Å². The van der Waals surface area contributed by atoms with E-state index in [4.69, 9.17) is 0 Å². The number of rotatable bonds is 1. The first-order valence-corrected chi connectivity index (χ1v) is 30.3. The minimum Gasteiger partial charge on any atom is -0.0616 e. The fourth-order valence-electron chi connectivity index (χ4n) is 10.9. The molecule has 12 aromatic rings. The summed E-state index contributed by atoms with van der Waals surface area (Å²) in [6.45, 7) is 38.9. The van der Waals surface area contributed by atoms with E-state index in [0.29, 0.717) is 0 Å². The number of hydrogen-bond acceptors (Lipinski definition) is 0. The van der Waals surface area contributed by atoms with Crippen molar-refractivity contribution in [3.63, 3.8) is 0 Å². The second-order valence-corrected chi connectivity index (χ2v) is 24.5. The second kappa shape index (κ2) is 29.3. The third-order valence-electron chi connectivity index (χ3n) is 16.6. The zero-order chi connectivity index (χ0) is 61.5. The molecule has 0 saturated carbocycles. The zero-order valence-corrected chi connectivity index (χ0v) is 54.4. The van der Waals surface area contributed by atoms with Crippen LogP contribution in [0, 0.1) is 111 Å². The van der Waals surface area contributed by atoms with Crippen molar-refractivity contribution in [2.75, 3.05) is 0 Å². The summed E-state index contributed by atoms with van der Waals surface area (Å²) in [5, 5.41) is 8.16. The van der Waals surface area contributed by atoms with Gasteiger partial charge in [-0.15, -0.1) is 0 Å². The van der Waals surface area contributed by atoms with Crippen molar-refractivity contribution in [3.8, 4) is 22.3 Å². The molecular formula is C85H92. The third kappa shape index (κ3) is 17.3. The maximum atomic E-state index is 2.34. The molecule has 0 bridgehead atoms. The first-order valence-electron chi connectivity index (χ1n) is 30.3. The van der Waals surface area contributed by atoms with E-state index in [9.17, 15) is 0 Å². The predicted octanol–water partition coefficient (Wildman–Crippen LogP) is 24.2. The third-order valence-corrected chi connectivity index (χ3v) is 16.6. The van der Waals surface area contributed by atoms with Gasteiger partial charge < -0.3 is 0 Å². The van der Waals surface area contributed by atoms with Gasteiger partial charge in [0.1, 0.15) is 0 Å². The monoisotopic (exact) mass is 1110 g/mol. The minimum absolute atomic E-state index is 0.142. The van der Waals surface area contributed by atoms with E-state index >= 15 is 0 Å². The first-order chi connectivity index (χ1) is 40.5. The second-order valence-electron chi connectivity index (χ2n) is 24.5. The van der Waals surface area contributed by atoms with Gasteiger partial charge in [0.05, 0.1) is 0 Å². The molecule has 0 amide bonds. The number of fused-ring (bicyclic) bond motifs is 6. The van der Waals surface area contributed by atoms with Crippen LogP contribution in [0.2, 0.25) is 0 Å². The molecule has 0 heterocycles. The SMILES string of the molecule is Cc1cc(C)c(C)cc1C.Cc1ccc(-c2ccc(C)cc2)cc1.Cc1ccc(C)c2ccccc12.Cc1ccc(C)cc1.Cc1ccc2c(c1)C(C)(C)c1cc(C)ccc1-2.Cc1ccc2cc(C)ccc2c1.Cc1cccc2c(C)cccc12. The Bertz CT molecular complexity index is 3830. The van der Waals surface area contributed by atoms with E-state index < -0.39 is 0 Å². The van der Waals surface area contributed by atoms with E-state index in [1.807, 2.05) is 0 Å². The quantitative estimate of drug-likeness (QED) is 0.154. The molecule has 0 atom stereocenters. The molecule has 1 aliphatic carbocycles. The topological polar surface area (TPSA) is 0 Å². The van der Waals surface area contributed by atoms with Crippen molar-refractivity contribution in [2.24, 2.45) is 0 Å². The average Bonchev–Trinajstić information content (AvgIpc) is 2.05. The summed E-state index contributed by atoms with van der Waals surface area (Å²) in [4.78, 5) is 0. The van der Waals surface area contributed by atoms with E-state index in [1.165, 1.54) is 155 Å². The highest BCUT2D eigenvalue weighted by atomic mass is 14.4. The Labute approximate surface area is 512 Å². The lowest BCUT2D eigenvalue weighted by molar-refractivity contribution is 0.659. The molecule has 1 aliphatic rings. The van der Waals surface area contributed by atoms with Crippen LogP contribution in [-0.4, -0.2) is 0 Å². The summed E-state index contributed by atoms with van der Waals surface area (Å²) >= 11 is 0. The van der Waals surface area contributed by atoms with Crippen LogP contribution in [0.25, 0.3) is 54.6 Å². The van der Waals surface area contributed by atoms with Crippen molar-refractivity contribution >= 4 is 32.3 Å². The summed E-state index contributed by atoms with van der Waals surface area (Å²) in [7, 11) is 0. The normalized spacial score (nSPS) is 11.3. The van der Waals surface area contributed by atoms with Gasteiger partial charge in [0.25, 0.3) is 0 Å². The van der Waals surface area contributed by atoms with Gasteiger partial charge in [0.2, 0.25) is 0 Å². The summed E-state index contributed by atoms with van der Waals surface area (Å²) in [6, 6.07) is 82.8. The summed E-state index contributed by atoms with van der Waals surface area (Å²) in [5.74, 6) is 0. The van der Waals surface area contributed by atoms with Gasteiger partial charge in [-0.25, -0.2) is 0 Å². The molecule has 0 radical (unpaired) electrons. The standard InChI is InChI=1S/C17H18.C14H14.3C12H12.C10H14.C8H10/c1-11-5-7-13-14-8-6-12(2)10-16(14)17(3,4)15(13)9-11;1-11-3-7-13(8-4-11)14-9-5-12(2)6-10-14;1-9-3-5-12-8-10(2)4-6-11(12)7-9;1-9-5-3-8-12-10(2)6-4-7-11(9)12;1-9-7-8-10(2)12-6-4-3-5-11(9)12;1-7-5-9(3)10(4)6-8(7)2;1-7-3-5-8(2)6-4-7/h5-10H,1-4H3;3-10H,1-2H3;3*3-8H,1-2H3;5-6H,1-4H3;3-6H,1-2H3. The molecule has 0 heteroatoms. The van der Waals surface area contributed by atoms with Crippen molar-refractivity contribution in [2.45, 2.75) is 130 Å². The lowest BCUT2D eigenvalue weighted by atomic mass is 9.81. The smallest absolute Gasteiger partial charge is 0.0159 e. The Morgan fingerprint density at radius 2 is 0.459 bits per heavy atom. The van der Waals surface area contributed by atoms with Crippen LogP contribution in [0.3, 0.4) is 0 Å². The Morgan fingerprint density at radius 3 is 0.788 bits per heavy atom. The van der Waals surface area contributed by atoms with Gasteiger partial charge in [-0.1, -0.05) is 289 Å².